The Labute approximate surface area is 127 Å². The van der Waals surface area contributed by atoms with Crippen molar-refractivity contribution in [2.24, 2.45) is 5.73 Å². The van der Waals surface area contributed by atoms with Crippen LogP contribution in [0, 0.1) is 0 Å². The van der Waals surface area contributed by atoms with Crippen molar-refractivity contribution in [3.05, 3.63) is 52.1 Å². The number of benzene rings is 1. The van der Waals surface area contributed by atoms with Gasteiger partial charge in [0.25, 0.3) is 0 Å². The fourth-order valence-electron chi connectivity index (χ4n) is 1.67. The third kappa shape index (κ3) is 4.11. The van der Waals surface area contributed by atoms with Gasteiger partial charge in [-0.1, -0.05) is 41.0 Å². The van der Waals surface area contributed by atoms with Crippen LogP contribution in [-0.2, 0) is 6.42 Å². The average Bonchev–Trinajstić information content (AvgIpc) is 2.36. The summed E-state index contributed by atoms with van der Waals surface area (Å²) in [5.41, 5.74) is 7.00. The molecule has 1 aromatic carbocycles. The Balaban J connectivity index is 2.25. The Morgan fingerprint density at radius 1 is 1.26 bits per heavy atom. The van der Waals surface area contributed by atoms with Crippen LogP contribution in [0.25, 0.3) is 0 Å². The Hall–Kier alpha value is -0.740. The van der Waals surface area contributed by atoms with Crippen molar-refractivity contribution in [1.82, 2.24) is 4.98 Å². The molecule has 0 aliphatic carbocycles. The smallest absolute Gasteiger partial charge is 0.104 e. The second-order valence-corrected chi connectivity index (χ2v) is 6.20. The van der Waals surface area contributed by atoms with Gasteiger partial charge >= 0.3 is 0 Å². The summed E-state index contributed by atoms with van der Waals surface area (Å²) >= 11 is 13.5. The molecule has 0 fully saturated rings. The van der Waals surface area contributed by atoms with Crippen LogP contribution in [0.1, 0.15) is 12.5 Å². The summed E-state index contributed by atoms with van der Waals surface area (Å²) in [4.78, 5) is 5.42. The first-order chi connectivity index (χ1) is 9.06. The van der Waals surface area contributed by atoms with E-state index in [1.807, 2.05) is 25.1 Å². The van der Waals surface area contributed by atoms with E-state index in [0.717, 1.165) is 21.9 Å². The summed E-state index contributed by atoms with van der Waals surface area (Å²) in [6, 6.07) is 9.66. The molecule has 2 nitrogen and oxygen atoms in total. The molecule has 2 N–H and O–H groups in total. The van der Waals surface area contributed by atoms with E-state index in [4.69, 9.17) is 28.9 Å². The molecule has 1 atom stereocenters. The summed E-state index contributed by atoms with van der Waals surface area (Å²) < 4.78 is 0. The summed E-state index contributed by atoms with van der Waals surface area (Å²) in [5, 5.41) is 2.07. The van der Waals surface area contributed by atoms with Crippen LogP contribution in [0.3, 0.4) is 0 Å². The number of nitrogens with two attached hydrogens (primary N) is 1. The maximum atomic E-state index is 6.02. The van der Waals surface area contributed by atoms with E-state index in [9.17, 15) is 0 Å². The minimum Gasteiger partial charge on any atom is -0.328 e. The van der Waals surface area contributed by atoms with Crippen molar-refractivity contribution in [2.75, 3.05) is 0 Å². The highest BCUT2D eigenvalue weighted by atomic mass is 35.5. The molecule has 2 aromatic rings. The van der Waals surface area contributed by atoms with Crippen LogP contribution in [0.2, 0.25) is 10.0 Å². The minimum atomic E-state index is 0.109. The Bertz CT molecular complexity index is 573. The summed E-state index contributed by atoms with van der Waals surface area (Å²) in [6.45, 7) is 1.99. The molecular weight excluding hydrogens is 299 g/mol. The van der Waals surface area contributed by atoms with Gasteiger partial charge in [-0.15, -0.1) is 0 Å². The lowest BCUT2D eigenvalue weighted by molar-refractivity contribution is 0.722. The summed E-state index contributed by atoms with van der Waals surface area (Å²) in [7, 11) is 0. The van der Waals surface area contributed by atoms with Gasteiger partial charge in [-0.05, 0) is 43.2 Å². The molecule has 0 bridgehead atoms. The number of aromatic nitrogens is 1. The molecule has 0 saturated carbocycles. The quantitative estimate of drug-likeness (QED) is 0.907. The van der Waals surface area contributed by atoms with E-state index in [0.29, 0.717) is 10.0 Å². The number of halogens is 2. The molecule has 2 rings (SSSR count). The van der Waals surface area contributed by atoms with Crippen molar-refractivity contribution >= 4 is 35.0 Å². The monoisotopic (exact) mass is 312 g/mol. The maximum absolute atomic E-state index is 6.02. The lowest BCUT2D eigenvalue weighted by atomic mass is 10.1. The van der Waals surface area contributed by atoms with Crippen LogP contribution in [-0.4, -0.2) is 11.0 Å². The maximum Gasteiger partial charge on any atom is 0.104 e. The Kier molecular flexibility index (Phi) is 5.11. The number of hydrogen-bond donors (Lipinski definition) is 1. The summed E-state index contributed by atoms with van der Waals surface area (Å²) in [6.07, 6.45) is 2.59. The zero-order chi connectivity index (χ0) is 13.8. The van der Waals surface area contributed by atoms with Crippen LogP contribution in [0.5, 0.6) is 0 Å². The van der Waals surface area contributed by atoms with E-state index in [1.54, 1.807) is 24.0 Å². The highest BCUT2D eigenvalue weighted by Crippen LogP contribution is 2.33. The van der Waals surface area contributed by atoms with Crippen LogP contribution >= 0.6 is 35.0 Å². The van der Waals surface area contributed by atoms with E-state index in [2.05, 4.69) is 11.1 Å². The molecule has 0 amide bonds. The fourth-order valence-corrected chi connectivity index (χ4v) is 2.97. The standard InChI is InChI=1S/C14H14Cl2N2S/c1-9(17)7-10-3-2-6-18-14(10)19-11-4-5-12(15)13(16)8-11/h2-6,8-9H,7,17H2,1H3. The predicted molar refractivity (Wildman–Crippen MR) is 82.2 cm³/mol. The van der Waals surface area contributed by atoms with Gasteiger partial charge in [0.2, 0.25) is 0 Å². The van der Waals surface area contributed by atoms with Gasteiger partial charge in [-0.3, -0.25) is 0 Å². The fraction of sp³-hybridized carbons (Fsp3) is 0.214. The average molecular weight is 313 g/mol. The number of rotatable bonds is 4. The lowest BCUT2D eigenvalue weighted by Gasteiger charge is -2.10. The Morgan fingerprint density at radius 3 is 2.74 bits per heavy atom. The lowest BCUT2D eigenvalue weighted by Crippen LogP contribution is -2.18. The highest BCUT2D eigenvalue weighted by Gasteiger charge is 2.08. The molecule has 1 heterocycles. The largest absolute Gasteiger partial charge is 0.328 e. The van der Waals surface area contributed by atoms with Crippen molar-refractivity contribution in [3.63, 3.8) is 0 Å². The van der Waals surface area contributed by atoms with Crippen molar-refractivity contribution in [2.45, 2.75) is 29.3 Å². The molecule has 5 heteroatoms. The third-order valence-corrected chi connectivity index (χ3v) is 4.29. The van der Waals surface area contributed by atoms with Gasteiger partial charge in [0.15, 0.2) is 0 Å². The molecular formula is C14H14Cl2N2S. The molecule has 0 radical (unpaired) electrons. The molecule has 0 spiro atoms. The van der Waals surface area contributed by atoms with E-state index < -0.39 is 0 Å². The van der Waals surface area contributed by atoms with Crippen LogP contribution in [0.4, 0.5) is 0 Å². The zero-order valence-corrected chi connectivity index (χ0v) is 12.8. The van der Waals surface area contributed by atoms with E-state index in [-0.39, 0.29) is 6.04 Å². The molecule has 0 aliphatic heterocycles. The zero-order valence-electron chi connectivity index (χ0n) is 10.4. The van der Waals surface area contributed by atoms with E-state index >= 15 is 0 Å². The topological polar surface area (TPSA) is 38.9 Å². The van der Waals surface area contributed by atoms with Gasteiger partial charge < -0.3 is 5.73 Å². The molecule has 0 aliphatic rings. The van der Waals surface area contributed by atoms with Crippen molar-refractivity contribution in [3.8, 4) is 0 Å². The SMILES string of the molecule is CC(N)Cc1cccnc1Sc1ccc(Cl)c(Cl)c1. The van der Waals surface area contributed by atoms with Gasteiger partial charge in [0.1, 0.15) is 5.03 Å². The minimum absolute atomic E-state index is 0.109. The first-order valence-corrected chi connectivity index (χ1v) is 7.46. The first-order valence-electron chi connectivity index (χ1n) is 5.88. The van der Waals surface area contributed by atoms with Crippen molar-refractivity contribution < 1.29 is 0 Å². The number of nitrogens with zero attached hydrogens (tertiary/aromatic N) is 1. The molecule has 19 heavy (non-hydrogen) atoms. The van der Waals surface area contributed by atoms with Gasteiger partial charge in [0.05, 0.1) is 10.0 Å². The highest BCUT2D eigenvalue weighted by molar-refractivity contribution is 7.99. The molecule has 1 unspecified atom stereocenters. The van der Waals surface area contributed by atoms with Gasteiger partial charge in [-0.2, -0.15) is 0 Å². The normalized spacial score (nSPS) is 12.4. The van der Waals surface area contributed by atoms with Crippen LogP contribution < -0.4 is 5.73 Å². The molecule has 0 saturated heterocycles. The van der Waals surface area contributed by atoms with Gasteiger partial charge in [-0.25, -0.2) is 4.98 Å². The number of hydrogen-bond acceptors (Lipinski definition) is 3. The second-order valence-electron chi connectivity index (χ2n) is 4.33. The van der Waals surface area contributed by atoms with Crippen LogP contribution in [0.15, 0.2) is 46.5 Å². The third-order valence-electron chi connectivity index (χ3n) is 2.50. The van der Waals surface area contributed by atoms with E-state index in [1.165, 1.54) is 0 Å². The first kappa shape index (κ1) is 14.7. The summed E-state index contributed by atoms with van der Waals surface area (Å²) in [5.74, 6) is 0. The van der Waals surface area contributed by atoms with Crippen molar-refractivity contribution in [1.29, 1.82) is 0 Å². The number of pyridine rings is 1. The Morgan fingerprint density at radius 2 is 2.05 bits per heavy atom. The predicted octanol–water partition coefficient (Wildman–Crippen LogP) is 4.43. The second kappa shape index (κ2) is 6.62. The molecule has 100 valence electrons. The van der Waals surface area contributed by atoms with Gasteiger partial charge in [0, 0.05) is 17.1 Å². The molecule has 1 aromatic heterocycles.